The summed E-state index contributed by atoms with van der Waals surface area (Å²) in [7, 11) is 0. The first-order valence-electron chi connectivity index (χ1n) is 8.27. The minimum atomic E-state index is 0.180. The molecular formula is C17H27NOS2. The molecule has 2 saturated heterocycles. The molecule has 0 aliphatic carbocycles. The molecule has 4 heteroatoms. The lowest BCUT2D eigenvalue weighted by atomic mass is 9.78. The number of thioether (sulfide) groups is 1. The maximum absolute atomic E-state index is 6.52. The van der Waals surface area contributed by atoms with Gasteiger partial charge in [-0.2, -0.15) is 11.8 Å². The van der Waals surface area contributed by atoms with Gasteiger partial charge in [-0.3, -0.25) is 0 Å². The summed E-state index contributed by atoms with van der Waals surface area (Å²) >= 11 is 3.94. The quantitative estimate of drug-likeness (QED) is 0.885. The molecule has 0 amide bonds. The molecule has 118 valence electrons. The fourth-order valence-electron chi connectivity index (χ4n) is 3.73. The van der Waals surface area contributed by atoms with E-state index in [1.165, 1.54) is 48.5 Å². The molecule has 2 aliphatic heterocycles. The number of rotatable bonds is 5. The molecule has 21 heavy (non-hydrogen) atoms. The van der Waals surface area contributed by atoms with E-state index >= 15 is 0 Å². The largest absolute Gasteiger partial charge is 0.375 e. The zero-order chi connectivity index (χ0) is 14.5. The summed E-state index contributed by atoms with van der Waals surface area (Å²) in [6.45, 7) is 0.925. The van der Waals surface area contributed by atoms with Crippen LogP contribution in [0.2, 0.25) is 0 Å². The Morgan fingerprint density at radius 3 is 3.00 bits per heavy atom. The van der Waals surface area contributed by atoms with Gasteiger partial charge < -0.3 is 10.5 Å². The summed E-state index contributed by atoms with van der Waals surface area (Å²) in [5.74, 6) is 3.20. The summed E-state index contributed by atoms with van der Waals surface area (Å²) in [5, 5.41) is 2.17. The first-order chi connectivity index (χ1) is 10.3. The molecule has 0 radical (unpaired) electrons. The standard InChI is InChI=1S/C17H27NOS2/c18-16(5-1-3-15-4-2-10-21-15)14-6-9-19-17(13-14)7-11-20-12-8-17/h2,4,10,14,16H,1,3,5-9,11-13,18H2. The highest BCUT2D eigenvalue weighted by molar-refractivity contribution is 7.99. The molecule has 1 aromatic rings. The maximum Gasteiger partial charge on any atom is 0.0701 e. The molecule has 2 nitrogen and oxygen atoms in total. The zero-order valence-corrected chi connectivity index (χ0v) is 14.4. The van der Waals surface area contributed by atoms with Crippen LogP contribution >= 0.6 is 23.1 Å². The van der Waals surface area contributed by atoms with Gasteiger partial charge in [0.05, 0.1) is 5.60 Å². The topological polar surface area (TPSA) is 35.2 Å². The number of ether oxygens (including phenoxy) is 1. The number of aryl methyl sites for hydroxylation is 1. The van der Waals surface area contributed by atoms with Crippen LogP contribution in [0.25, 0.3) is 0 Å². The van der Waals surface area contributed by atoms with E-state index in [0.29, 0.717) is 12.0 Å². The molecule has 2 N–H and O–H groups in total. The van der Waals surface area contributed by atoms with E-state index in [9.17, 15) is 0 Å². The third-order valence-electron chi connectivity index (χ3n) is 5.08. The van der Waals surface area contributed by atoms with Gasteiger partial charge in [0.25, 0.3) is 0 Å². The molecule has 3 rings (SSSR count). The molecule has 1 aromatic heterocycles. The van der Waals surface area contributed by atoms with E-state index in [0.717, 1.165) is 19.4 Å². The molecule has 1 spiro atoms. The van der Waals surface area contributed by atoms with Crippen molar-refractivity contribution in [2.75, 3.05) is 18.1 Å². The Bertz CT molecular complexity index is 409. The maximum atomic E-state index is 6.52. The van der Waals surface area contributed by atoms with Gasteiger partial charge in [-0.1, -0.05) is 6.07 Å². The Labute approximate surface area is 136 Å². The van der Waals surface area contributed by atoms with Crippen LogP contribution in [0.5, 0.6) is 0 Å². The highest BCUT2D eigenvalue weighted by Gasteiger charge is 2.40. The number of nitrogens with two attached hydrogens (primary N) is 1. The number of thiophene rings is 1. The minimum absolute atomic E-state index is 0.180. The first-order valence-corrected chi connectivity index (χ1v) is 10.3. The van der Waals surface area contributed by atoms with E-state index in [2.05, 4.69) is 29.3 Å². The lowest BCUT2D eigenvalue weighted by molar-refractivity contribution is -0.105. The van der Waals surface area contributed by atoms with Gasteiger partial charge in [-0.05, 0) is 73.8 Å². The van der Waals surface area contributed by atoms with E-state index in [-0.39, 0.29) is 5.60 Å². The van der Waals surface area contributed by atoms with Crippen molar-refractivity contribution in [1.29, 1.82) is 0 Å². The van der Waals surface area contributed by atoms with Gasteiger partial charge in [-0.25, -0.2) is 0 Å². The third kappa shape index (κ3) is 4.25. The minimum Gasteiger partial charge on any atom is -0.375 e. The Morgan fingerprint density at radius 1 is 1.38 bits per heavy atom. The third-order valence-corrected chi connectivity index (χ3v) is 7.00. The second-order valence-electron chi connectivity index (χ2n) is 6.53. The summed E-state index contributed by atoms with van der Waals surface area (Å²) in [4.78, 5) is 1.50. The van der Waals surface area contributed by atoms with Crippen LogP contribution in [0.1, 0.15) is 43.4 Å². The molecule has 3 heterocycles. The Kier molecular flexibility index (Phi) is 5.66. The van der Waals surface area contributed by atoms with Crippen molar-refractivity contribution in [3.05, 3.63) is 22.4 Å². The predicted molar refractivity (Wildman–Crippen MR) is 93.2 cm³/mol. The second-order valence-corrected chi connectivity index (χ2v) is 8.79. The highest BCUT2D eigenvalue weighted by atomic mass is 32.2. The van der Waals surface area contributed by atoms with Crippen molar-refractivity contribution in [1.82, 2.24) is 0 Å². The summed E-state index contributed by atoms with van der Waals surface area (Å²) in [5.41, 5.74) is 6.70. The number of hydrogen-bond acceptors (Lipinski definition) is 4. The van der Waals surface area contributed by atoms with Crippen molar-refractivity contribution in [3.63, 3.8) is 0 Å². The molecular weight excluding hydrogens is 298 g/mol. The molecule has 2 fully saturated rings. The van der Waals surface area contributed by atoms with Crippen molar-refractivity contribution in [2.45, 2.75) is 56.6 Å². The van der Waals surface area contributed by atoms with Crippen LogP contribution in [0.4, 0.5) is 0 Å². The van der Waals surface area contributed by atoms with Crippen molar-refractivity contribution in [2.24, 2.45) is 11.7 Å². The van der Waals surface area contributed by atoms with Gasteiger partial charge in [0.2, 0.25) is 0 Å². The van der Waals surface area contributed by atoms with Crippen LogP contribution in [0.15, 0.2) is 17.5 Å². The molecule has 2 atom stereocenters. The first kappa shape index (κ1) is 15.9. The predicted octanol–water partition coefficient (Wildman–Crippen LogP) is 4.09. The lowest BCUT2D eigenvalue weighted by Gasteiger charge is -2.44. The lowest BCUT2D eigenvalue weighted by Crippen LogP contribution is -2.47. The highest BCUT2D eigenvalue weighted by Crippen LogP contribution is 2.40. The average Bonchev–Trinajstić information content (AvgIpc) is 3.01. The van der Waals surface area contributed by atoms with E-state index in [1.807, 2.05) is 11.3 Å². The molecule has 0 aromatic carbocycles. The van der Waals surface area contributed by atoms with Crippen LogP contribution < -0.4 is 5.73 Å². The van der Waals surface area contributed by atoms with E-state index in [1.54, 1.807) is 0 Å². The summed E-state index contributed by atoms with van der Waals surface area (Å²) in [6.07, 6.45) is 8.40. The van der Waals surface area contributed by atoms with Gasteiger partial charge in [0.15, 0.2) is 0 Å². The number of hydrogen-bond donors (Lipinski definition) is 1. The molecule has 0 bridgehead atoms. The van der Waals surface area contributed by atoms with Crippen molar-refractivity contribution < 1.29 is 4.74 Å². The van der Waals surface area contributed by atoms with Gasteiger partial charge in [-0.15, -0.1) is 11.3 Å². The SMILES string of the molecule is NC(CCCc1cccs1)C1CCOC2(CCSCC2)C1. The second kappa shape index (κ2) is 7.49. The Morgan fingerprint density at radius 2 is 2.24 bits per heavy atom. The summed E-state index contributed by atoms with van der Waals surface area (Å²) in [6, 6.07) is 4.74. The molecule has 0 saturated carbocycles. The van der Waals surface area contributed by atoms with Gasteiger partial charge in [0, 0.05) is 17.5 Å². The van der Waals surface area contributed by atoms with Gasteiger partial charge in [0.1, 0.15) is 0 Å². The summed E-state index contributed by atoms with van der Waals surface area (Å²) < 4.78 is 6.18. The van der Waals surface area contributed by atoms with Gasteiger partial charge >= 0.3 is 0 Å². The van der Waals surface area contributed by atoms with Crippen molar-refractivity contribution in [3.8, 4) is 0 Å². The Hall–Kier alpha value is -0.0300. The Balaban J connectivity index is 1.46. The van der Waals surface area contributed by atoms with E-state index in [4.69, 9.17) is 10.5 Å². The molecule has 2 aliphatic rings. The normalized spacial score (nSPS) is 26.8. The van der Waals surface area contributed by atoms with Crippen molar-refractivity contribution >= 4 is 23.1 Å². The molecule has 2 unspecified atom stereocenters. The van der Waals surface area contributed by atoms with E-state index < -0.39 is 0 Å². The fraction of sp³-hybridized carbons (Fsp3) is 0.765. The van der Waals surface area contributed by atoms with Crippen LogP contribution in [0.3, 0.4) is 0 Å². The zero-order valence-electron chi connectivity index (χ0n) is 12.8. The van der Waals surface area contributed by atoms with Crippen LogP contribution in [-0.2, 0) is 11.2 Å². The van der Waals surface area contributed by atoms with Crippen LogP contribution in [-0.4, -0.2) is 29.8 Å². The average molecular weight is 326 g/mol. The monoisotopic (exact) mass is 325 g/mol. The fourth-order valence-corrected chi connectivity index (χ4v) is 5.71. The van der Waals surface area contributed by atoms with Crippen LogP contribution in [0, 0.1) is 5.92 Å². The smallest absolute Gasteiger partial charge is 0.0701 e.